The molecule has 0 saturated carbocycles. The van der Waals surface area contributed by atoms with Crippen LogP contribution in [0, 0.1) is 0 Å². The number of nitrogens with one attached hydrogen (secondary N) is 2. The van der Waals surface area contributed by atoms with Gasteiger partial charge in [0.15, 0.2) is 0 Å². The smallest absolute Gasteiger partial charge is 0.271 e. The molecule has 2 N–H and O–H groups in total. The summed E-state index contributed by atoms with van der Waals surface area (Å²) in [5, 5.41) is 5.89. The average molecular weight is 335 g/mol. The molecule has 0 aliphatic rings. The molecular formula is C14H15BrN4O. The highest BCUT2D eigenvalue weighted by Crippen LogP contribution is 2.23. The van der Waals surface area contributed by atoms with Crippen molar-refractivity contribution in [2.24, 2.45) is 0 Å². The van der Waals surface area contributed by atoms with E-state index < -0.39 is 0 Å². The number of carbonyl (C=O) groups excluding carboxylic acids is 1. The molecule has 0 bridgehead atoms. The Morgan fingerprint density at radius 2 is 2.05 bits per heavy atom. The maximum absolute atomic E-state index is 11.7. The summed E-state index contributed by atoms with van der Waals surface area (Å²) in [7, 11) is 0. The molecule has 0 aliphatic carbocycles. The zero-order valence-electron chi connectivity index (χ0n) is 11.1. The number of para-hydroxylation sites is 1. The number of rotatable bonds is 5. The second kappa shape index (κ2) is 7.00. The Kier molecular flexibility index (Phi) is 5.06. The Hall–Kier alpha value is -1.95. The zero-order chi connectivity index (χ0) is 14.4. The predicted octanol–water partition coefficient (Wildman–Crippen LogP) is 3.12. The first-order valence-electron chi connectivity index (χ1n) is 6.32. The number of benzene rings is 1. The van der Waals surface area contributed by atoms with Gasteiger partial charge in [-0.2, -0.15) is 0 Å². The quantitative estimate of drug-likeness (QED) is 0.881. The molecule has 0 atom stereocenters. The van der Waals surface area contributed by atoms with Gasteiger partial charge >= 0.3 is 0 Å². The van der Waals surface area contributed by atoms with Gasteiger partial charge in [-0.3, -0.25) is 4.79 Å². The van der Waals surface area contributed by atoms with E-state index in [-0.39, 0.29) is 5.91 Å². The van der Waals surface area contributed by atoms with Gasteiger partial charge in [-0.15, -0.1) is 0 Å². The number of halogens is 1. The lowest BCUT2D eigenvalue weighted by atomic mass is 10.3. The first kappa shape index (κ1) is 14.5. The Balaban J connectivity index is 2.05. The highest BCUT2D eigenvalue weighted by Gasteiger charge is 2.07. The summed E-state index contributed by atoms with van der Waals surface area (Å²) in [4.78, 5) is 20.0. The third-order valence-corrected chi connectivity index (χ3v) is 3.25. The highest BCUT2D eigenvalue weighted by molar-refractivity contribution is 9.10. The molecule has 20 heavy (non-hydrogen) atoms. The molecule has 0 unspecified atom stereocenters. The summed E-state index contributed by atoms with van der Waals surface area (Å²) in [6, 6.07) is 7.71. The zero-order valence-corrected chi connectivity index (χ0v) is 12.6. The van der Waals surface area contributed by atoms with Crippen LogP contribution in [0.4, 0.5) is 11.5 Å². The number of hydrogen-bond acceptors (Lipinski definition) is 4. The molecule has 6 heteroatoms. The van der Waals surface area contributed by atoms with Crippen LogP contribution >= 0.6 is 15.9 Å². The van der Waals surface area contributed by atoms with Gasteiger partial charge in [0.05, 0.1) is 18.1 Å². The third kappa shape index (κ3) is 3.77. The van der Waals surface area contributed by atoms with Crippen LogP contribution < -0.4 is 10.6 Å². The van der Waals surface area contributed by atoms with E-state index >= 15 is 0 Å². The van der Waals surface area contributed by atoms with Crippen LogP contribution in [-0.2, 0) is 0 Å². The van der Waals surface area contributed by atoms with Crippen LogP contribution in [-0.4, -0.2) is 22.4 Å². The Labute approximate surface area is 126 Å². The Bertz CT molecular complexity index is 586. The molecule has 0 saturated heterocycles. The molecule has 0 spiro atoms. The van der Waals surface area contributed by atoms with Gasteiger partial charge in [0, 0.05) is 11.0 Å². The Morgan fingerprint density at radius 3 is 2.70 bits per heavy atom. The number of hydrogen-bond donors (Lipinski definition) is 2. The van der Waals surface area contributed by atoms with Crippen LogP contribution in [0.25, 0.3) is 0 Å². The van der Waals surface area contributed by atoms with E-state index in [1.807, 2.05) is 31.2 Å². The van der Waals surface area contributed by atoms with Gasteiger partial charge in [-0.25, -0.2) is 9.97 Å². The molecule has 104 valence electrons. The molecule has 2 rings (SSSR count). The second-order valence-corrected chi connectivity index (χ2v) is 5.00. The van der Waals surface area contributed by atoms with Crippen LogP contribution in [0.2, 0.25) is 0 Å². The van der Waals surface area contributed by atoms with Crippen LogP contribution in [0.3, 0.4) is 0 Å². The fourth-order valence-corrected chi connectivity index (χ4v) is 1.92. The summed E-state index contributed by atoms with van der Waals surface area (Å²) < 4.78 is 0.937. The molecule has 5 nitrogen and oxygen atoms in total. The van der Waals surface area contributed by atoms with Crippen molar-refractivity contribution in [3.8, 4) is 0 Å². The van der Waals surface area contributed by atoms with Gasteiger partial charge in [0.25, 0.3) is 5.91 Å². The molecule has 1 heterocycles. The SMILES string of the molecule is CCCNC(=O)c1cnc(Nc2ccccc2Br)cn1. The maximum atomic E-state index is 11.7. The summed E-state index contributed by atoms with van der Waals surface area (Å²) >= 11 is 3.45. The van der Waals surface area contributed by atoms with E-state index in [0.29, 0.717) is 18.1 Å². The monoisotopic (exact) mass is 334 g/mol. The molecule has 1 aromatic carbocycles. The van der Waals surface area contributed by atoms with E-state index in [0.717, 1.165) is 16.6 Å². The molecule has 2 aromatic rings. The van der Waals surface area contributed by atoms with E-state index in [4.69, 9.17) is 0 Å². The van der Waals surface area contributed by atoms with Gasteiger partial charge in [0.2, 0.25) is 0 Å². The largest absolute Gasteiger partial charge is 0.351 e. The molecule has 0 aliphatic heterocycles. The minimum Gasteiger partial charge on any atom is -0.351 e. The van der Waals surface area contributed by atoms with E-state index in [1.165, 1.54) is 6.20 Å². The van der Waals surface area contributed by atoms with Crippen molar-refractivity contribution in [2.45, 2.75) is 13.3 Å². The van der Waals surface area contributed by atoms with Crippen LogP contribution in [0.5, 0.6) is 0 Å². The minimum absolute atomic E-state index is 0.202. The molecular weight excluding hydrogens is 320 g/mol. The predicted molar refractivity (Wildman–Crippen MR) is 82.1 cm³/mol. The summed E-state index contributed by atoms with van der Waals surface area (Å²) in [6.45, 7) is 2.63. The first-order chi connectivity index (χ1) is 9.70. The van der Waals surface area contributed by atoms with Gasteiger partial charge in [-0.1, -0.05) is 19.1 Å². The number of aromatic nitrogens is 2. The van der Waals surface area contributed by atoms with Gasteiger partial charge in [0.1, 0.15) is 11.5 Å². The van der Waals surface area contributed by atoms with Gasteiger partial charge in [-0.05, 0) is 34.5 Å². The fraction of sp³-hybridized carbons (Fsp3) is 0.214. The van der Waals surface area contributed by atoms with Crippen LogP contribution in [0.15, 0.2) is 41.1 Å². The number of amides is 1. The fourth-order valence-electron chi connectivity index (χ4n) is 1.54. The standard InChI is InChI=1S/C14H15BrN4O/c1-2-7-16-14(20)12-8-18-13(9-17-12)19-11-6-4-3-5-10(11)15/h3-6,8-9H,2,7H2,1H3,(H,16,20)(H,18,19). The molecule has 1 aromatic heterocycles. The number of anilines is 2. The number of carbonyl (C=O) groups is 1. The highest BCUT2D eigenvalue weighted by atomic mass is 79.9. The van der Waals surface area contributed by atoms with Crippen molar-refractivity contribution in [1.82, 2.24) is 15.3 Å². The molecule has 1 amide bonds. The summed E-state index contributed by atoms with van der Waals surface area (Å²) in [5.41, 5.74) is 1.21. The normalized spacial score (nSPS) is 10.1. The lowest BCUT2D eigenvalue weighted by Crippen LogP contribution is -2.25. The van der Waals surface area contributed by atoms with Gasteiger partial charge < -0.3 is 10.6 Å². The van der Waals surface area contributed by atoms with E-state index in [2.05, 4.69) is 36.5 Å². The molecule has 0 radical (unpaired) electrons. The second-order valence-electron chi connectivity index (χ2n) is 4.15. The van der Waals surface area contributed by atoms with E-state index in [9.17, 15) is 4.79 Å². The summed E-state index contributed by atoms with van der Waals surface area (Å²) in [6.07, 6.45) is 3.89. The Morgan fingerprint density at radius 1 is 1.25 bits per heavy atom. The lowest BCUT2D eigenvalue weighted by Gasteiger charge is -2.07. The van der Waals surface area contributed by atoms with Crippen molar-refractivity contribution < 1.29 is 4.79 Å². The average Bonchev–Trinajstić information content (AvgIpc) is 2.48. The van der Waals surface area contributed by atoms with E-state index in [1.54, 1.807) is 6.20 Å². The topological polar surface area (TPSA) is 66.9 Å². The van der Waals surface area contributed by atoms with Crippen LogP contribution in [0.1, 0.15) is 23.8 Å². The van der Waals surface area contributed by atoms with Crippen molar-refractivity contribution >= 4 is 33.3 Å². The van der Waals surface area contributed by atoms with Crippen molar-refractivity contribution in [3.63, 3.8) is 0 Å². The molecule has 0 fully saturated rings. The first-order valence-corrected chi connectivity index (χ1v) is 7.12. The lowest BCUT2D eigenvalue weighted by molar-refractivity contribution is 0.0948. The number of nitrogens with zero attached hydrogens (tertiary/aromatic N) is 2. The van der Waals surface area contributed by atoms with Crippen molar-refractivity contribution in [3.05, 3.63) is 46.8 Å². The summed E-state index contributed by atoms with van der Waals surface area (Å²) in [5.74, 6) is 0.385. The minimum atomic E-state index is -0.202. The third-order valence-electron chi connectivity index (χ3n) is 2.56. The maximum Gasteiger partial charge on any atom is 0.271 e. The van der Waals surface area contributed by atoms with Crippen molar-refractivity contribution in [1.29, 1.82) is 0 Å². The van der Waals surface area contributed by atoms with Crippen molar-refractivity contribution in [2.75, 3.05) is 11.9 Å².